The first kappa shape index (κ1) is 21.4. The number of nitrogens with zero attached hydrogens (tertiary/aromatic N) is 2. The highest BCUT2D eigenvalue weighted by Crippen LogP contribution is 2.68. The van der Waals surface area contributed by atoms with Gasteiger partial charge in [0.1, 0.15) is 11.5 Å². The Labute approximate surface area is 207 Å². The van der Waals surface area contributed by atoms with Gasteiger partial charge in [0.2, 0.25) is 23.6 Å². The van der Waals surface area contributed by atoms with Crippen LogP contribution in [0.4, 0.5) is 11.4 Å². The van der Waals surface area contributed by atoms with Crippen LogP contribution in [0, 0.1) is 47.3 Å². The number of ether oxygens (including phenoxy) is 2. The summed E-state index contributed by atoms with van der Waals surface area (Å²) in [6.07, 6.45) is 4.02. The van der Waals surface area contributed by atoms with E-state index >= 15 is 0 Å². The summed E-state index contributed by atoms with van der Waals surface area (Å²) in [7, 11) is 3.08. The second-order valence-electron chi connectivity index (χ2n) is 10.2. The van der Waals surface area contributed by atoms with Crippen molar-refractivity contribution in [1.82, 2.24) is 0 Å². The summed E-state index contributed by atoms with van der Waals surface area (Å²) in [5.74, 6) is -2.52. The molecule has 4 amide bonds. The van der Waals surface area contributed by atoms with Crippen molar-refractivity contribution in [2.24, 2.45) is 47.3 Å². The van der Waals surface area contributed by atoms with Crippen LogP contribution < -0.4 is 19.3 Å². The number of fused-ring (bicyclic) bond motifs is 1. The molecule has 182 valence electrons. The van der Waals surface area contributed by atoms with Crippen LogP contribution in [0.3, 0.4) is 0 Å². The van der Waals surface area contributed by atoms with Gasteiger partial charge in [-0.25, -0.2) is 9.80 Å². The standard InChI is InChI=1S/C28H24N2O6/c1-35-15-7-3-5-13(11-15)29-25(31)21-17-9-10-18(22(21)26(29)32)20-19(17)23-24(20)28(34)30(27(23)33)14-6-4-8-16(12-14)36-2/h3-12,17-24H,1-2H3/t17-,18+,19-,20-,21+,22-,23-,24-/m0/s1. The summed E-state index contributed by atoms with van der Waals surface area (Å²) in [5, 5.41) is 0. The number of hydrogen-bond donors (Lipinski definition) is 0. The number of carbonyl (C=O) groups excluding carboxylic acids is 4. The topological polar surface area (TPSA) is 93.2 Å². The van der Waals surface area contributed by atoms with Gasteiger partial charge in [-0.3, -0.25) is 19.2 Å². The normalized spacial score (nSPS) is 35.5. The van der Waals surface area contributed by atoms with E-state index in [9.17, 15) is 19.2 Å². The number of amides is 4. The van der Waals surface area contributed by atoms with E-state index in [0.29, 0.717) is 22.9 Å². The monoisotopic (exact) mass is 484 g/mol. The van der Waals surface area contributed by atoms with Crippen molar-refractivity contribution in [3.05, 3.63) is 60.7 Å². The molecule has 0 spiro atoms. The first-order valence-electron chi connectivity index (χ1n) is 12.2. The summed E-state index contributed by atoms with van der Waals surface area (Å²) in [4.78, 5) is 57.0. The van der Waals surface area contributed by atoms with Gasteiger partial charge in [-0.15, -0.1) is 0 Å². The third-order valence-corrected chi connectivity index (χ3v) is 8.97. The number of hydrogen-bond acceptors (Lipinski definition) is 6. The Morgan fingerprint density at radius 3 is 1.36 bits per heavy atom. The largest absolute Gasteiger partial charge is 0.497 e. The molecule has 8 rings (SSSR count). The second-order valence-corrected chi connectivity index (χ2v) is 10.2. The molecule has 8 nitrogen and oxygen atoms in total. The SMILES string of the molecule is COc1cccc(N2C(=O)[C@@H]3[C@@H](C2=O)[C@H]2[C@H]4C=C[C@H]([C@H]5C(=O)N(c6cccc(OC)c6)C(=O)[C@@H]45)[C@H]32)c1. The molecule has 36 heavy (non-hydrogen) atoms. The molecule has 4 aliphatic carbocycles. The average Bonchev–Trinajstić information content (AvgIpc) is 3.27. The number of rotatable bonds is 4. The van der Waals surface area contributed by atoms with Crippen molar-refractivity contribution in [3.8, 4) is 11.5 Å². The molecule has 0 unspecified atom stereocenters. The lowest BCUT2D eigenvalue weighted by Crippen LogP contribution is -2.63. The molecular formula is C28H24N2O6. The Balaban J connectivity index is 1.24. The summed E-state index contributed by atoms with van der Waals surface area (Å²) >= 11 is 0. The Kier molecular flexibility index (Phi) is 4.32. The predicted octanol–water partition coefficient (Wildman–Crippen LogP) is 2.68. The quantitative estimate of drug-likeness (QED) is 0.489. The molecule has 2 saturated heterocycles. The third kappa shape index (κ3) is 2.49. The van der Waals surface area contributed by atoms with Gasteiger partial charge in [-0.05, 0) is 47.9 Å². The second kappa shape index (κ2) is 7.29. The molecule has 2 aliphatic heterocycles. The zero-order valence-electron chi connectivity index (χ0n) is 19.7. The van der Waals surface area contributed by atoms with E-state index in [-0.39, 0.29) is 47.3 Å². The maximum absolute atomic E-state index is 13.7. The Morgan fingerprint density at radius 2 is 0.972 bits per heavy atom. The highest BCUT2D eigenvalue weighted by atomic mass is 16.5. The van der Waals surface area contributed by atoms with E-state index < -0.39 is 23.7 Å². The Morgan fingerprint density at radius 1 is 0.583 bits per heavy atom. The number of benzene rings is 2. The van der Waals surface area contributed by atoms with Gasteiger partial charge in [-0.1, -0.05) is 24.3 Å². The fourth-order valence-corrected chi connectivity index (χ4v) is 7.61. The van der Waals surface area contributed by atoms with Crippen molar-refractivity contribution in [2.45, 2.75) is 0 Å². The summed E-state index contributed by atoms with van der Waals surface area (Å²) in [6.45, 7) is 0. The molecule has 2 aromatic rings. The van der Waals surface area contributed by atoms with E-state index in [1.807, 2.05) is 12.2 Å². The van der Waals surface area contributed by atoms with E-state index in [1.54, 1.807) is 48.5 Å². The minimum atomic E-state index is -0.519. The maximum atomic E-state index is 13.7. The first-order chi connectivity index (χ1) is 17.5. The Hall–Kier alpha value is -3.94. The number of carbonyl (C=O) groups is 4. The fourth-order valence-electron chi connectivity index (χ4n) is 7.61. The molecule has 8 heteroatoms. The number of allylic oxidation sites excluding steroid dienone is 2. The van der Waals surface area contributed by atoms with Crippen LogP contribution in [0.15, 0.2) is 60.7 Å². The number of methoxy groups -OCH3 is 2. The molecule has 0 radical (unpaired) electrons. The van der Waals surface area contributed by atoms with Crippen LogP contribution in [0.2, 0.25) is 0 Å². The minimum Gasteiger partial charge on any atom is -0.497 e. The predicted molar refractivity (Wildman–Crippen MR) is 128 cm³/mol. The van der Waals surface area contributed by atoms with E-state index in [0.717, 1.165) is 0 Å². The molecular weight excluding hydrogens is 460 g/mol. The van der Waals surface area contributed by atoms with Gasteiger partial charge in [-0.2, -0.15) is 0 Å². The molecule has 0 N–H and O–H groups in total. The van der Waals surface area contributed by atoms with Gasteiger partial charge in [0, 0.05) is 12.1 Å². The smallest absolute Gasteiger partial charge is 0.238 e. The van der Waals surface area contributed by atoms with Crippen LogP contribution >= 0.6 is 0 Å². The molecule has 2 aromatic carbocycles. The fraction of sp³-hybridized carbons (Fsp3) is 0.357. The van der Waals surface area contributed by atoms with Crippen LogP contribution in [0.1, 0.15) is 0 Å². The third-order valence-electron chi connectivity index (χ3n) is 8.97. The van der Waals surface area contributed by atoms with Crippen molar-refractivity contribution < 1.29 is 28.7 Å². The summed E-state index contributed by atoms with van der Waals surface area (Å²) in [6, 6.07) is 13.9. The highest BCUT2D eigenvalue weighted by Gasteiger charge is 2.75. The highest BCUT2D eigenvalue weighted by molar-refractivity contribution is 6.25. The van der Waals surface area contributed by atoms with Crippen molar-refractivity contribution in [1.29, 1.82) is 0 Å². The van der Waals surface area contributed by atoms with Crippen LogP contribution in [0.5, 0.6) is 11.5 Å². The van der Waals surface area contributed by atoms with Crippen LogP contribution in [0.25, 0.3) is 0 Å². The first-order valence-corrected chi connectivity index (χ1v) is 12.2. The van der Waals surface area contributed by atoms with E-state index in [1.165, 1.54) is 24.0 Å². The lowest BCUT2D eigenvalue weighted by Gasteiger charge is -2.60. The van der Waals surface area contributed by atoms with Crippen molar-refractivity contribution in [3.63, 3.8) is 0 Å². The lowest BCUT2D eigenvalue weighted by atomic mass is 9.40. The number of imide groups is 2. The minimum absolute atomic E-state index is 0.125. The summed E-state index contributed by atoms with van der Waals surface area (Å²) in [5.41, 5.74) is 0.981. The zero-order chi connectivity index (χ0) is 24.9. The van der Waals surface area contributed by atoms with Gasteiger partial charge in [0.15, 0.2) is 0 Å². The Bertz CT molecular complexity index is 1330. The lowest BCUT2D eigenvalue weighted by molar-refractivity contribution is -0.166. The molecule has 2 saturated carbocycles. The van der Waals surface area contributed by atoms with Crippen LogP contribution in [-0.4, -0.2) is 37.8 Å². The molecule has 8 atom stereocenters. The summed E-state index contributed by atoms with van der Waals surface area (Å²) < 4.78 is 10.6. The van der Waals surface area contributed by atoms with Crippen LogP contribution in [-0.2, 0) is 19.2 Å². The van der Waals surface area contributed by atoms with E-state index in [4.69, 9.17) is 9.47 Å². The van der Waals surface area contributed by atoms with Gasteiger partial charge in [0.25, 0.3) is 0 Å². The van der Waals surface area contributed by atoms with Gasteiger partial charge < -0.3 is 9.47 Å². The van der Waals surface area contributed by atoms with Gasteiger partial charge >= 0.3 is 0 Å². The zero-order valence-corrected chi connectivity index (χ0v) is 19.7. The molecule has 6 aliphatic rings. The van der Waals surface area contributed by atoms with Crippen molar-refractivity contribution >= 4 is 35.0 Å². The molecule has 4 fully saturated rings. The molecule has 2 bridgehead atoms. The van der Waals surface area contributed by atoms with Crippen molar-refractivity contribution in [2.75, 3.05) is 24.0 Å². The van der Waals surface area contributed by atoms with E-state index in [2.05, 4.69) is 0 Å². The number of anilines is 2. The van der Waals surface area contributed by atoms with Gasteiger partial charge in [0.05, 0.1) is 49.3 Å². The molecule has 0 aromatic heterocycles. The maximum Gasteiger partial charge on any atom is 0.238 e. The molecule has 2 heterocycles. The average molecular weight is 485 g/mol.